The molecule has 0 bridgehead atoms. The van der Waals surface area contributed by atoms with E-state index >= 15 is 0 Å². The number of fused-ring (bicyclic) bond motifs is 1. The number of hydrogen-bond acceptors (Lipinski definition) is 4. The molecule has 0 saturated heterocycles. The number of carbonyl (C=O) groups excluding carboxylic acids is 1. The number of nitro benzene ring substituents is 1. The van der Waals surface area contributed by atoms with Crippen LogP contribution in [0.4, 0.5) is 15.8 Å². The molecule has 1 heterocycles. The fraction of sp³-hybridized carbons (Fsp3) is 0.0435. The van der Waals surface area contributed by atoms with Crippen LogP contribution in [0.3, 0.4) is 0 Å². The summed E-state index contributed by atoms with van der Waals surface area (Å²) in [6.45, 7) is 1.74. The number of nitro groups is 1. The molecule has 1 aromatic heterocycles. The quantitative estimate of drug-likeness (QED) is 0.262. The molecule has 1 amide bonds. The normalized spacial score (nSPS) is 10.9. The molecule has 0 aliphatic heterocycles. The average molecular weight is 470 g/mol. The van der Waals surface area contributed by atoms with E-state index in [-0.39, 0.29) is 5.69 Å². The highest BCUT2D eigenvalue weighted by Crippen LogP contribution is 2.35. The Morgan fingerprint density at radius 3 is 2.56 bits per heavy atom. The first-order chi connectivity index (χ1) is 15.3. The standard InChI is InChI=1S/C23H14Cl2FN3O3/c1-12-21(23(30)27-14-7-9-18(26)20(11-14)29(31)32)16-4-2-3-5-19(16)28-22(12)15-8-6-13(24)10-17(15)25/h2-11H,1H3,(H,27,30). The summed E-state index contributed by atoms with van der Waals surface area (Å²) >= 11 is 12.4. The van der Waals surface area contributed by atoms with Gasteiger partial charge in [-0.05, 0) is 48.9 Å². The molecular formula is C23H14Cl2FN3O3. The second-order valence-electron chi connectivity index (χ2n) is 6.98. The van der Waals surface area contributed by atoms with E-state index in [1.807, 2.05) is 0 Å². The summed E-state index contributed by atoms with van der Waals surface area (Å²) in [5, 5.41) is 15.1. The Morgan fingerprint density at radius 1 is 1.09 bits per heavy atom. The minimum Gasteiger partial charge on any atom is -0.322 e. The molecule has 0 unspecified atom stereocenters. The number of carbonyl (C=O) groups is 1. The van der Waals surface area contributed by atoms with Gasteiger partial charge in [-0.2, -0.15) is 4.39 Å². The van der Waals surface area contributed by atoms with Gasteiger partial charge in [0.2, 0.25) is 5.82 Å². The molecule has 32 heavy (non-hydrogen) atoms. The van der Waals surface area contributed by atoms with Gasteiger partial charge in [-0.25, -0.2) is 4.98 Å². The number of benzene rings is 3. The molecule has 6 nitrogen and oxygen atoms in total. The maximum absolute atomic E-state index is 13.7. The Labute approximate surface area is 191 Å². The molecule has 9 heteroatoms. The number of anilines is 1. The number of pyridine rings is 1. The fourth-order valence-corrected chi connectivity index (χ4v) is 3.97. The molecule has 3 aromatic carbocycles. The van der Waals surface area contributed by atoms with Gasteiger partial charge in [0.25, 0.3) is 5.91 Å². The molecule has 4 rings (SSSR count). The van der Waals surface area contributed by atoms with E-state index in [9.17, 15) is 19.3 Å². The topological polar surface area (TPSA) is 85.1 Å². The predicted octanol–water partition coefficient (Wildman–Crippen LogP) is 6.82. The van der Waals surface area contributed by atoms with Crippen LogP contribution in [0.1, 0.15) is 15.9 Å². The van der Waals surface area contributed by atoms with Crippen molar-refractivity contribution in [3.63, 3.8) is 0 Å². The van der Waals surface area contributed by atoms with Gasteiger partial charge in [-0.15, -0.1) is 0 Å². The van der Waals surface area contributed by atoms with Crippen molar-refractivity contribution in [3.8, 4) is 11.3 Å². The largest absolute Gasteiger partial charge is 0.322 e. The Balaban J connectivity index is 1.86. The van der Waals surface area contributed by atoms with E-state index in [2.05, 4.69) is 10.3 Å². The molecule has 0 aliphatic carbocycles. The van der Waals surface area contributed by atoms with E-state index < -0.39 is 22.3 Å². The lowest BCUT2D eigenvalue weighted by atomic mass is 9.97. The summed E-state index contributed by atoms with van der Waals surface area (Å²) in [4.78, 5) is 28.2. The molecule has 0 fully saturated rings. The number of aromatic nitrogens is 1. The second-order valence-corrected chi connectivity index (χ2v) is 7.82. The summed E-state index contributed by atoms with van der Waals surface area (Å²) in [5.41, 5.74) is 1.91. The Kier molecular flexibility index (Phi) is 5.78. The van der Waals surface area contributed by atoms with Crippen molar-refractivity contribution in [1.82, 2.24) is 4.98 Å². The molecule has 1 N–H and O–H groups in total. The van der Waals surface area contributed by atoms with Crippen LogP contribution in [0.25, 0.3) is 22.2 Å². The first-order valence-electron chi connectivity index (χ1n) is 9.36. The molecule has 0 atom stereocenters. The van der Waals surface area contributed by atoms with E-state index in [1.54, 1.807) is 49.4 Å². The Hall–Kier alpha value is -3.55. The van der Waals surface area contributed by atoms with Crippen LogP contribution in [-0.2, 0) is 0 Å². The van der Waals surface area contributed by atoms with Gasteiger partial charge in [-0.3, -0.25) is 14.9 Å². The molecule has 0 saturated carbocycles. The summed E-state index contributed by atoms with van der Waals surface area (Å²) in [6, 6.07) is 15.2. The van der Waals surface area contributed by atoms with E-state index in [0.29, 0.717) is 43.3 Å². The molecular weight excluding hydrogens is 456 g/mol. The van der Waals surface area contributed by atoms with E-state index in [1.165, 1.54) is 6.07 Å². The van der Waals surface area contributed by atoms with E-state index in [4.69, 9.17) is 23.2 Å². The van der Waals surface area contributed by atoms with Crippen LogP contribution in [-0.4, -0.2) is 15.8 Å². The average Bonchev–Trinajstić information content (AvgIpc) is 2.74. The second kappa shape index (κ2) is 8.53. The van der Waals surface area contributed by atoms with Crippen LogP contribution >= 0.6 is 23.2 Å². The van der Waals surface area contributed by atoms with Crippen LogP contribution in [0.15, 0.2) is 60.7 Å². The predicted molar refractivity (Wildman–Crippen MR) is 123 cm³/mol. The number of para-hydroxylation sites is 1. The highest BCUT2D eigenvalue weighted by Gasteiger charge is 2.22. The third-order valence-corrected chi connectivity index (χ3v) is 5.50. The molecule has 160 valence electrons. The van der Waals surface area contributed by atoms with Crippen molar-refractivity contribution in [2.75, 3.05) is 5.32 Å². The van der Waals surface area contributed by atoms with Gasteiger partial charge in [0.1, 0.15) is 0 Å². The van der Waals surface area contributed by atoms with Crippen molar-refractivity contribution in [2.45, 2.75) is 6.92 Å². The van der Waals surface area contributed by atoms with Crippen molar-refractivity contribution < 1.29 is 14.1 Å². The van der Waals surface area contributed by atoms with Gasteiger partial charge in [0, 0.05) is 27.7 Å². The number of rotatable bonds is 4. The monoisotopic (exact) mass is 469 g/mol. The van der Waals surface area contributed by atoms with Crippen molar-refractivity contribution >= 4 is 51.4 Å². The fourth-order valence-electron chi connectivity index (χ4n) is 3.47. The van der Waals surface area contributed by atoms with Crippen LogP contribution in [0.2, 0.25) is 10.0 Å². The first kappa shape index (κ1) is 21.7. The zero-order valence-electron chi connectivity index (χ0n) is 16.5. The lowest BCUT2D eigenvalue weighted by molar-refractivity contribution is -0.387. The van der Waals surface area contributed by atoms with Crippen molar-refractivity contribution in [1.29, 1.82) is 0 Å². The van der Waals surface area contributed by atoms with Gasteiger partial charge in [0.15, 0.2) is 0 Å². The number of nitrogens with zero attached hydrogens (tertiary/aromatic N) is 2. The summed E-state index contributed by atoms with van der Waals surface area (Å²) in [6.07, 6.45) is 0. The molecule has 0 spiro atoms. The summed E-state index contributed by atoms with van der Waals surface area (Å²) in [7, 11) is 0. The number of hydrogen-bond donors (Lipinski definition) is 1. The van der Waals surface area contributed by atoms with Gasteiger partial charge in [-0.1, -0.05) is 41.4 Å². The molecule has 0 aliphatic rings. The van der Waals surface area contributed by atoms with Gasteiger partial charge >= 0.3 is 5.69 Å². The smallest absolute Gasteiger partial charge is 0.306 e. The van der Waals surface area contributed by atoms with Crippen molar-refractivity contribution in [3.05, 3.63) is 97.8 Å². The Bertz CT molecular complexity index is 1410. The van der Waals surface area contributed by atoms with Crippen LogP contribution in [0.5, 0.6) is 0 Å². The highest BCUT2D eigenvalue weighted by atomic mass is 35.5. The molecule has 4 aromatic rings. The lowest BCUT2D eigenvalue weighted by Crippen LogP contribution is -2.15. The lowest BCUT2D eigenvalue weighted by Gasteiger charge is -2.15. The highest BCUT2D eigenvalue weighted by molar-refractivity contribution is 6.36. The third kappa shape index (κ3) is 4.00. The van der Waals surface area contributed by atoms with Gasteiger partial charge in [0.05, 0.1) is 26.7 Å². The Morgan fingerprint density at radius 2 is 1.84 bits per heavy atom. The first-order valence-corrected chi connectivity index (χ1v) is 10.1. The third-order valence-electron chi connectivity index (χ3n) is 4.95. The molecule has 0 radical (unpaired) electrons. The zero-order valence-corrected chi connectivity index (χ0v) is 18.0. The van der Waals surface area contributed by atoms with Crippen LogP contribution in [0, 0.1) is 22.9 Å². The summed E-state index contributed by atoms with van der Waals surface area (Å²) < 4.78 is 13.7. The zero-order chi connectivity index (χ0) is 23.0. The van der Waals surface area contributed by atoms with E-state index in [0.717, 1.165) is 12.1 Å². The minimum absolute atomic E-state index is 0.0921. The maximum atomic E-state index is 13.7. The SMILES string of the molecule is Cc1c(-c2ccc(Cl)cc2Cl)nc2ccccc2c1C(=O)Nc1ccc(F)c([N+](=O)[O-])c1. The number of nitrogens with one attached hydrogen (secondary N) is 1. The van der Waals surface area contributed by atoms with Crippen LogP contribution < -0.4 is 5.32 Å². The van der Waals surface area contributed by atoms with Crippen molar-refractivity contribution in [2.24, 2.45) is 0 Å². The van der Waals surface area contributed by atoms with Gasteiger partial charge < -0.3 is 5.32 Å². The summed E-state index contributed by atoms with van der Waals surface area (Å²) in [5.74, 6) is -1.51. The maximum Gasteiger partial charge on any atom is 0.306 e. The number of halogens is 3. The minimum atomic E-state index is -0.988. The number of amides is 1.